The zero-order valence-electron chi connectivity index (χ0n) is 19.2. The number of benzene rings is 2. The van der Waals surface area contributed by atoms with E-state index in [1.807, 2.05) is 73.3 Å². The summed E-state index contributed by atoms with van der Waals surface area (Å²) in [6.07, 6.45) is -0.548. The molecular formula is C25H27N5O3. The minimum absolute atomic E-state index is 0.218. The van der Waals surface area contributed by atoms with Gasteiger partial charge in [0, 0.05) is 18.4 Å². The van der Waals surface area contributed by atoms with Crippen molar-refractivity contribution in [3.8, 4) is 5.75 Å². The Kier molecular flexibility index (Phi) is 5.08. The Morgan fingerprint density at radius 3 is 2.18 bits per heavy atom. The number of fused-ring (bicyclic) bond motifs is 3. The van der Waals surface area contributed by atoms with E-state index >= 15 is 0 Å². The Bertz CT molecular complexity index is 1160. The van der Waals surface area contributed by atoms with Gasteiger partial charge in [-0.3, -0.25) is 14.6 Å². The second-order valence-corrected chi connectivity index (χ2v) is 8.57. The fraction of sp³-hybridized carbons (Fsp3) is 0.320. The summed E-state index contributed by atoms with van der Waals surface area (Å²) in [6, 6.07) is 16.6. The Labute approximate surface area is 193 Å². The first-order valence-corrected chi connectivity index (χ1v) is 11.0. The quantitative estimate of drug-likeness (QED) is 0.707. The van der Waals surface area contributed by atoms with Gasteiger partial charge in [-0.15, -0.1) is 0 Å². The number of hydrogen-bond acceptors (Lipinski definition) is 6. The molecule has 0 aliphatic carbocycles. The monoisotopic (exact) mass is 445 g/mol. The van der Waals surface area contributed by atoms with Gasteiger partial charge < -0.3 is 14.5 Å². The van der Waals surface area contributed by atoms with Crippen LogP contribution in [0.5, 0.6) is 5.75 Å². The van der Waals surface area contributed by atoms with Gasteiger partial charge in [-0.25, -0.2) is 9.79 Å². The van der Waals surface area contributed by atoms with Crippen LogP contribution in [-0.4, -0.2) is 63.9 Å². The normalized spacial score (nSPS) is 22.1. The molecule has 0 radical (unpaired) electrons. The zero-order chi connectivity index (χ0) is 23.3. The summed E-state index contributed by atoms with van der Waals surface area (Å²) >= 11 is 0. The number of urea groups is 1. The summed E-state index contributed by atoms with van der Waals surface area (Å²) in [5.74, 6) is 1.30. The van der Waals surface area contributed by atoms with Crippen LogP contribution in [0.1, 0.15) is 25.0 Å². The fourth-order valence-electron chi connectivity index (χ4n) is 4.70. The van der Waals surface area contributed by atoms with Gasteiger partial charge in [0.15, 0.2) is 12.2 Å². The van der Waals surface area contributed by atoms with E-state index in [9.17, 15) is 9.59 Å². The maximum atomic E-state index is 13.6. The summed E-state index contributed by atoms with van der Waals surface area (Å²) in [4.78, 5) is 38.6. The van der Waals surface area contributed by atoms with E-state index in [1.165, 1.54) is 4.90 Å². The molecule has 8 nitrogen and oxygen atoms in total. The number of likely N-dealkylation sites (N-methyl/N-ethyl adjacent to an activating group) is 1. The van der Waals surface area contributed by atoms with Crippen molar-refractivity contribution in [2.75, 3.05) is 14.2 Å². The van der Waals surface area contributed by atoms with E-state index in [1.54, 1.807) is 19.1 Å². The second kappa shape index (κ2) is 7.95. The van der Waals surface area contributed by atoms with Gasteiger partial charge >= 0.3 is 6.03 Å². The summed E-state index contributed by atoms with van der Waals surface area (Å²) in [7, 11) is 3.37. The highest BCUT2D eigenvalue weighted by Crippen LogP contribution is 2.38. The molecule has 2 aromatic rings. The third-order valence-electron chi connectivity index (χ3n) is 6.69. The van der Waals surface area contributed by atoms with Gasteiger partial charge in [0.2, 0.25) is 5.96 Å². The van der Waals surface area contributed by atoms with Crippen molar-refractivity contribution in [1.29, 1.82) is 0 Å². The van der Waals surface area contributed by atoms with Crippen LogP contribution in [0.15, 0.2) is 71.0 Å². The highest BCUT2D eigenvalue weighted by molar-refractivity contribution is 6.05. The molecule has 0 N–H and O–H groups in total. The summed E-state index contributed by atoms with van der Waals surface area (Å²) < 4.78 is 5.26. The smallest absolute Gasteiger partial charge is 0.328 e. The van der Waals surface area contributed by atoms with Crippen LogP contribution in [0.25, 0.3) is 0 Å². The van der Waals surface area contributed by atoms with E-state index in [4.69, 9.17) is 9.73 Å². The SMILES string of the molecule is COc1ccc(CN2C3=NC4C(C(=O)N(Cc5ccccc5)C(=O)N4C)N3C(C)=C2C)cc1. The van der Waals surface area contributed by atoms with Gasteiger partial charge in [-0.05, 0) is 37.1 Å². The molecule has 3 heterocycles. The molecule has 1 saturated heterocycles. The lowest BCUT2D eigenvalue weighted by atomic mass is 10.1. The molecule has 2 unspecified atom stereocenters. The van der Waals surface area contributed by atoms with Gasteiger partial charge in [0.25, 0.3) is 5.91 Å². The predicted molar refractivity (Wildman–Crippen MR) is 124 cm³/mol. The molecule has 1 fully saturated rings. The predicted octanol–water partition coefficient (Wildman–Crippen LogP) is 3.22. The van der Waals surface area contributed by atoms with Crippen molar-refractivity contribution in [2.24, 2.45) is 4.99 Å². The molecule has 3 amide bonds. The minimum Gasteiger partial charge on any atom is -0.497 e. The number of allylic oxidation sites excluding steroid dienone is 2. The van der Waals surface area contributed by atoms with Gasteiger partial charge in [-0.2, -0.15) is 0 Å². The maximum absolute atomic E-state index is 13.6. The molecule has 5 rings (SSSR count). The minimum atomic E-state index is -0.567. The molecular weight excluding hydrogens is 418 g/mol. The van der Waals surface area contributed by atoms with Crippen LogP contribution in [-0.2, 0) is 17.9 Å². The van der Waals surface area contributed by atoms with E-state index < -0.39 is 12.2 Å². The fourth-order valence-corrected chi connectivity index (χ4v) is 4.70. The summed E-state index contributed by atoms with van der Waals surface area (Å²) in [5, 5.41) is 0. The lowest BCUT2D eigenvalue weighted by molar-refractivity contribution is -0.137. The van der Waals surface area contributed by atoms with E-state index in [0.717, 1.165) is 28.3 Å². The number of nitrogens with zero attached hydrogens (tertiary/aromatic N) is 5. The molecule has 33 heavy (non-hydrogen) atoms. The van der Waals surface area contributed by atoms with Crippen molar-refractivity contribution in [2.45, 2.75) is 39.1 Å². The third-order valence-corrected chi connectivity index (χ3v) is 6.69. The van der Waals surface area contributed by atoms with Crippen molar-refractivity contribution < 1.29 is 14.3 Å². The lowest BCUT2D eigenvalue weighted by Gasteiger charge is -2.40. The van der Waals surface area contributed by atoms with Crippen molar-refractivity contribution in [3.05, 3.63) is 77.1 Å². The van der Waals surface area contributed by atoms with E-state index in [-0.39, 0.29) is 18.5 Å². The summed E-state index contributed by atoms with van der Waals surface area (Å²) in [5.41, 5.74) is 4.04. The standard InChI is InChI=1S/C25H27N5O3/c1-16-17(2)30-21-22(26-24(30)28(16)14-19-10-12-20(33-4)13-11-19)27(3)25(32)29(23(21)31)15-18-8-6-5-7-9-18/h5-13,21-22H,14-15H2,1-4H3. The number of imide groups is 1. The zero-order valence-corrected chi connectivity index (χ0v) is 19.2. The third kappa shape index (κ3) is 3.33. The van der Waals surface area contributed by atoms with Crippen molar-refractivity contribution in [1.82, 2.24) is 19.6 Å². The number of methoxy groups -OCH3 is 1. The Balaban J connectivity index is 1.44. The highest BCUT2D eigenvalue weighted by Gasteiger charge is 2.55. The average molecular weight is 446 g/mol. The number of carbonyl (C=O) groups is 2. The average Bonchev–Trinajstić information content (AvgIpc) is 3.33. The van der Waals surface area contributed by atoms with Crippen LogP contribution in [0, 0.1) is 0 Å². The first-order valence-electron chi connectivity index (χ1n) is 11.0. The molecule has 170 valence electrons. The van der Waals surface area contributed by atoms with Crippen molar-refractivity contribution in [3.63, 3.8) is 0 Å². The maximum Gasteiger partial charge on any atom is 0.328 e. The molecule has 3 aliphatic heterocycles. The number of ether oxygens (including phenoxy) is 1. The largest absolute Gasteiger partial charge is 0.497 e. The molecule has 2 aromatic carbocycles. The van der Waals surface area contributed by atoms with Gasteiger partial charge in [0.1, 0.15) is 5.75 Å². The first-order chi connectivity index (χ1) is 15.9. The first kappa shape index (κ1) is 21.1. The topological polar surface area (TPSA) is 68.7 Å². The second-order valence-electron chi connectivity index (χ2n) is 8.57. The number of carbonyl (C=O) groups excluding carboxylic acids is 2. The van der Waals surface area contributed by atoms with Crippen LogP contribution in [0.2, 0.25) is 0 Å². The Morgan fingerprint density at radius 2 is 1.52 bits per heavy atom. The number of amides is 3. The van der Waals surface area contributed by atoms with Crippen LogP contribution < -0.4 is 4.74 Å². The lowest BCUT2D eigenvalue weighted by Crippen LogP contribution is -2.64. The summed E-state index contributed by atoms with van der Waals surface area (Å²) in [6.45, 7) is 4.90. The molecule has 3 aliphatic rings. The highest BCUT2D eigenvalue weighted by atomic mass is 16.5. The van der Waals surface area contributed by atoms with Crippen LogP contribution >= 0.6 is 0 Å². The molecule has 0 spiro atoms. The molecule has 2 atom stereocenters. The Hall–Kier alpha value is -3.81. The molecule has 0 saturated carbocycles. The number of guanidine groups is 1. The Morgan fingerprint density at radius 1 is 0.879 bits per heavy atom. The molecule has 8 heteroatoms. The van der Waals surface area contributed by atoms with Gasteiger partial charge in [-0.1, -0.05) is 42.5 Å². The molecule has 0 bridgehead atoms. The number of rotatable bonds is 5. The molecule has 0 aromatic heterocycles. The van der Waals surface area contributed by atoms with Crippen LogP contribution in [0.3, 0.4) is 0 Å². The van der Waals surface area contributed by atoms with Crippen molar-refractivity contribution >= 4 is 17.9 Å². The number of aliphatic imine (C=N–C) groups is 1. The van der Waals surface area contributed by atoms with E-state index in [0.29, 0.717) is 12.5 Å². The van der Waals surface area contributed by atoms with Crippen LogP contribution in [0.4, 0.5) is 4.79 Å². The van der Waals surface area contributed by atoms with Gasteiger partial charge in [0.05, 0.1) is 20.2 Å². The number of hydrogen-bond donors (Lipinski definition) is 0. The van der Waals surface area contributed by atoms with E-state index in [2.05, 4.69) is 4.90 Å².